The van der Waals surface area contributed by atoms with Crippen LogP contribution in [-0.2, 0) is 4.79 Å². The van der Waals surface area contributed by atoms with Crippen molar-refractivity contribution in [3.05, 3.63) is 54.6 Å². The third-order valence-electron chi connectivity index (χ3n) is 3.37. The lowest BCUT2D eigenvalue weighted by molar-refractivity contribution is -0.705. The number of hydrogen-bond acceptors (Lipinski definition) is 6. The molecule has 1 amide bonds. The van der Waals surface area contributed by atoms with Crippen molar-refractivity contribution in [3.63, 3.8) is 0 Å². The summed E-state index contributed by atoms with van der Waals surface area (Å²) in [4.78, 5) is 12.3. The minimum atomic E-state index is -0.582. The van der Waals surface area contributed by atoms with Crippen LogP contribution in [0.3, 0.4) is 0 Å². The quantitative estimate of drug-likeness (QED) is 0.505. The molecule has 0 saturated carbocycles. The number of thioether (sulfide) groups is 1. The van der Waals surface area contributed by atoms with E-state index in [0.29, 0.717) is 23.7 Å². The largest absolute Gasteiger partial charge is 0.538 e. The molecule has 134 valence electrons. The van der Waals surface area contributed by atoms with Gasteiger partial charge in [0.15, 0.2) is 5.95 Å². The number of carbonyl (C=O) groups is 1. The van der Waals surface area contributed by atoms with Gasteiger partial charge in [0, 0.05) is 12.1 Å². The molecule has 3 aromatic rings. The molecule has 0 atom stereocenters. The zero-order chi connectivity index (χ0) is 18.4. The van der Waals surface area contributed by atoms with E-state index in [4.69, 9.17) is 9.26 Å². The molecule has 0 bridgehead atoms. The van der Waals surface area contributed by atoms with Gasteiger partial charge in [0.05, 0.1) is 23.3 Å². The fourth-order valence-corrected chi connectivity index (χ4v) is 3.02. The Kier molecular flexibility index (Phi) is 5.75. The highest BCUT2D eigenvalue weighted by Crippen LogP contribution is 2.26. The van der Waals surface area contributed by atoms with Gasteiger partial charge >= 0.3 is 0 Å². The lowest BCUT2D eigenvalue weighted by Gasteiger charge is -2.10. The molecular weight excluding hydrogens is 354 g/mol. The maximum atomic E-state index is 12.3. The number of rotatable bonds is 7. The molecule has 26 heavy (non-hydrogen) atoms. The number of para-hydroxylation sites is 3. The fourth-order valence-electron chi connectivity index (χ4n) is 2.27. The topological polar surface area (TPSA) is 91.3 Å². The van der Waals surface area contributed by atoms with E-state index in [1.807, 2.05) is 37.3 Å². The number of anilines is 1. The molecule has 3 rings (SSSR count). The summed E-state index contributed by atoms with van der Waals surface area (Å²) in [6.07, 6.45) is 0. The zero-order valence-electron chi connectivity index (χ0n) is 14.0. The number of hydrogen-bond donors (Lipinski definition) is 1. The van der Waals surface area contributed by atoms with Crippen LogP contribution in [0.4, 0.5) is 5.69 Å². The maximum Gasteiger partial charge on any atom is 0.298 e. The van der Waals surface area contributed by atoms with Crippen molar-refractivity contribution in [2.45, 2.75) is 11.9 Å². The predicted molar refractivity (Wildman–Crippen MR) is 94.4 cm³/mol. The highest BCUT2D eigenvalue weighted by atomic mass is 32.2. The summed E-state index contributed by atoms with van der Waals surface area (Å²) in [6, 6.07) is 16.3. The molecule has 0 unspecified atom stereocenters. The maximum absolute atomic E-state index is 12.3. The Balaban J connectivity index is 1.69. The Morgan fingerprint density at radius 3 is 2.73 bits per heavy atom. The van der Waals surface area contributed by atoms with Gasteiger partial charge in [0.25, 0.3) is 5.03 Å². The summed E-state index contributed by atoms with van der Waals surface area (Å²) in [5.74, 6) is -0.213. The van der Waals surface area contributed by atoms with Crippen LogP contribution in [0.15, 0.2) is 64.1 Å². The van der Waals surface area contributed by atoms with Crippen LogP contribution < -0.4 is 19.8 Å². The van der Waals surface area contributed by atoms with Crippen LogP contribution >= 0.6 is 11.8 Å². The average molecular weight is 371 g/mol. The Morgan fingerprint density at radius 1 is 1.23 bits per heavy atom. The molecule has 0 radical (unpaired) electrons. The van der Waals surface area contributed by atoms with Crippen molar-refractivity contribution in [2.75, 3.05) is 17.7 Å². The molecule has 7 nitrogen and oxygen atoms in total. The third kappa shape index (κ3) is 4.15. The summed E-state index contributed by atoms with van der Waals surface area (Å²) >= 11 is 1.06. The lowest BCUT2D eigenvalue weighted by Crippen LogP contribution is -2.35. The van der Waals surface area contributed by atoms with Gasteiger partial charge in [-0.3, -0.25) is 4.79 Å². The first kappa shape index (κ1) is 17.8. The summed E-state index contributed by atoms with van der Waals surface area (Å²) in [6.45, 7) is 2.37. The molecule has 1 aromatic heterocycles. The standard InChI is InChI=1S/C18H17N3O4S/c1-2-24-15-11-7-6-10-14(15)19-16(22)12-26-17-18(23)25-20-21(17)13-8-4-3-5-9-13/h3-11H,2,12H2,1H3,(H-,19,20,22,23). The van der Waals surface area contributed by atoms with E-state index in [0.717, 1.165) is 11.8 Å². The Labute approximate surface area is 154 Å². The summed E-state index contributed by atoms with van der Waals surface area (Å²) in [5.41, 5.74) is 1.27. The van der Waals surface area contributed by atoms with E-state index in [9.17, 15) is 9.90 Å². The number of aromatic nitrogens is 2. The molecule has 0 aliphatic carbocycles. The number of nitrogens with zero attached hydrogens (tertiary/aromatic N) is 2. The molecule has 0 saturated heterocycles. The summed E-state index contributed by atoms with van der Waals surface area (Å²) in [7, 11) is 0. The average Bonchev–Trinajstić information content (AvgIpc) is 3.03. The smallest absolute Gasteiger partial charge is 0.298 e. The van der Waals surface area contributed by atoms with Gasteiger partial charge in [-0.2, -0.15) is 0 Å². The Hall–Kier alpha value is -3.00. The van der Waals surface area contributed by atoms with Crippen molar-refractivity contribution in [2.24, 2.45) is 0 Å². The van der Waals surface area contributed by atoms with Crippen molar-refractivity contribution in [3.8, 4) is 17.4 Å². The second kappa shape index (κ2) is 8.39. The molecule has 0 aliphatic heterocycles. The van der Waals surface area contributed by atoms with Gasteiger partial charge in [-0.25, -0.2) is 0 Å². The van der Waals surface area contributed by atoms with Crippen LogP contribution in [0.2, 0.25) is 0 Å². The van der Waals surface area contributed by atoms with Gasteiger partial charge in [0.1, 0.15) is 5.75 Å². The number of benzene rings is 2. The normalized spacial score (nSPS) is 10.5. The molecule has 2 aromatic carbocycles. The van der Waals surface area contributed by atoms with Gasteiger partial charge in [-0.1, -0.05) is 30.3 Å². The van der Waals surface area contributed by atoms with Crippen molar-refractivity contribution in [1.29, 1.82) is 0 Å². The van der Waals surface area contributed by atoms with Gasteiger partial charge in [0.2, 0.25) is 11.6 Å². The van der Waals surface area contributed by atoms with Gasteiger partial charge < -0.3 is 19.7 Å². The van der Waals surface area contributed by atoms with Gasteiger partial charge in [-0.05, 0) is 35.5 Å². The van der Waals surface area contributed by atoms with Crippen molar-refractivity contribution in [1.82, 2.24) is 5.27 Å². The lowest BCUT2D eigenvalue weighted by atomic mass is 10.3. The van der Waals surface area contributed by atoms with E-state index < -0.39 is 5.95 Å². The number of amides is 1. The second-order valence-electron chi connectivity index (χ2n) is 5.18. The predicted octanol–water partition coefficient (Wildman–Crippen LogP) is 2.15. The SMILES string of the molecule is CCOc1ccccc1NC(=O)CSc1c([O-])on[n+]1-c1ccccc1. The molecule has 1 heterocycles. The molecular formula is C18H17N3O4S. The Morgan fingerprint density at radius 2 is 1.96 bits per heavy atom. The zero-order valence-corrected chi connectivity index (χ0v) is 14.9. The van der Waals surface area contributed by atoms with Crippen LogP contribution in [0.5, 0.6) is 11.7 Å². The van der Waals surface area contributed by atoms with E-state index >= 15 is 0 Å². The fraction of sp³-hybridized carbons (Fsp3) is 0.167. The van der Waals surface area contributed by atoms with E-state index in [1.54, 1.807) is 24.3 Å². The van der Waals surface area contributed by atoms with Crippen LogP contribution in [-0.4, -0.2) is 23.5 Å². The van der Waals surface area contributed by atoms with Crippen LogP contribution in [0.1, 0.15) is 6.92 Å². The molecule has 1 N–H and O–H groups in total. The second-order valence-corrected chi connectivity index (χ2v) is 6.14. The van der Waals surface area contributed by atoms with Crippen molar-refractivity contribution >= 4 is 23.4 Å². The Bertz CT molecular complexity index is 883. The van der Waals surface area contributed by atoms with Crippen molar-refractivity contribution < 1.29 is 23.8 Å². The molecule has 8 heteroatoms. The first-order valence-electron chi connectivity index (χ1n) is 7.98. The van der Waals surface area contributed by atoms with E-state index in [-0.39, 0.29) is 16.7 Å². The highest BCUT2D eigenvalue weighted by Gasteiger charge is 2.22. The number of ether oxygens (including phenoxy) is 1. The summed E-state index contributed by atoms with van der Waals surface area (Å²) < 4.78 is 11.6. The first-order valence-corrected chi connectivity index (χ1v) is 8.96. The minimum absolute atomic E-state index is 0.0315. The third-order valence-corrected chi connectivity index (χ3v) is 4.39. The number of nitrogens with one attached hydrogen (secondary N) is 1. The monoisotopic (exact) mass is 371 g/mol. The highest BCUT2D eigenvalue weighted by molar-refractivity contribution is 7.99. The molecule has 0 aliphatic rings. The van der Waals surface area contributed by atoms with E-state index in [1.165, 1.54) is 4.68 Å². The molecule has 0 fully saturated rings. The minimum Gasteiger partial charge on any atom is -0.538 e. The molecule has 0 spiro atoms. The van der Waals surface area contributed by atoms with Gasteiger partial charge in [-0.15, -0.1) is 0 Å². The number of carbonyl (C=O) groups excluding carboxylic acids is 1. The first-order chi connectivity index (χ1) is 12.7. The summed E-state index contributed by atoms with van der Waals surface area (Å²) in [5, 5.41) is 18.7. The van der Waals surface area contributed by atoms with Crippen LogP contribution in [0, 0.1) is 0 Å². The van der Waals surface area contributed by atoms with Crippen LogP contribution in [0.25, 0.3) is 5.69 Å². The van der Waals surface area contributed by atoms with E-state index in [2.05, 4.69) is 10.6 Å².